The summed E-state index contributed by atoms with van der Waals surface area (Å²) in [6.45, 7) is -0.271. The molecule has 2 aliphatic heterocycles. The van der Waals surface area contributed by atoms with Crippen molar-refractivity contribution in [2.45, 2.75) is 18.6 Å². The third kappa shape index (κ3) is 2.44. The topological polar surface area (TPSA) is 61.8 Å². The number of hydrogen-bond acceptors (Lipinski definition) is 4. The molecule has 0 spiro atoms. The molecule has 0 saturated carbocycles. The molecule has 0 aliphatic carbocycles. The number of halogens is 3. The van der Waals surface area contributed by atoms with Crippen molar-refractivity contribution < 1.29 is 27.8 Å². The molecule has 2 fully saturated rings. The Labute approximate surface area is 108 Å². The van der Waals surface area contributed by atoms with Crippen molar-refractivity contribution >= 4 is 5.91 Å². The number of aliphatic hydroxyl groups is 1. The predicted molar refractivity (Wildman–Crippen MR) is 59.4 cm³/mol. The first-order valence-electron chi connectivity index (χ1n) is 6.19. The Hall–Kier alpha value is -0.860. The van der Waals surface area contributed by atoms with Gasteiger partial charge in [-0.1, -0.05) is 0 Å². The van der Waals surface area contributed by atoms with Crippen molar-refractivity contribution in [2.75, 3.05) is 39.5 Å². The predicted octanol–water partition coefficient (Wildman–Crippen LogP) is -0.252. The summed E-state index contributed by atoms with van der Waals surface area (Å²) in [6.07, 6.45) is -4.85. The van der Waals surface area contributed by atoms with Gasteiger partial charge in [0.15, 0.2) is 5.41 Å². The number of hydrogen-bond donors (Lipinski definition) is 2. The Morgan fingerprint density at radius 2 is 2.26 bits per heavy atom. The summed E-state index contributed by atoms with van der Waals surface area (Å²) >= 11 is 0. The second kappa shape index (κ2) is 5.26. The number of carbonyl (C=O) groups is 1. The molecule has 2 saturated heterocycles. The van der Waals surface area contributed by atoms with E-state index in [1.54, 1.807) is 0 Å². The molecule has 8 heteroatoms. The van der Waals surface area contributed by atoms with Gasteiger partial charge in [0, 0.05) is 13.1 Å². The van der Waals surface area contributed by atoms with Gasteiger partial charge in [-0.05, 0) is 13.0 Å². The van der Waals surface area contributed by atoms with Crippen LogP contribution in [0.4, 0.5) is 13.2 Å². The first-order valence-corrected chi connectivity index (χ1v) is 6.19. The van der Waals surface area contributed by atoms with Crippen LogP contribution in [0.2, 0.25) is 0 Å². The van der Waals surface area contributed by atoms with Crippen LogP contribution in [0, 0.1) is 5.41 Å². The minimum absolute atomic E-state index is 0.0730. The van der Waals surface area contributed by atoms with Crippen molar-refractivity contribution in [3.63, 3.8) is 0 Å². The first-order chi connectivity index (χ1) is 8.92. The summed E-state index contributed by atoms with van der Waals surface area (Å²) in [7, 11) is 0. The van der Waals surface area contributed by atoms with E-state index >= 15 is 0 Å². The van der Waals surface area contributed by atoms with Crippen LogP contribution in [0.3, 0.4) is 0 Å². The third-order valence-electron chi connectivity index (χ3n) is 3.81. The molecule has 110 valence electrons. The van der Waals surface area contributed by atoms with Crippen molar-refractivity contribution in [3.8, 4) is 0 Å². The molecule has 2 rings (SSSR count). The Morgan fingerprint density at radius 3 is 2.79 bits per heavy atom. The van der Waals surface area contributed by atoms with Gasteiger partial charge in [0.1, 0.15) is 0 Å². The zero-order valence-electron chi connectivity index (χ0n) is 10.4. The molecular weight excluding hydrogens is 265 g/mol. The summed E-state index contributed by atoms with van der Waals surface area (Å²) in [4.78, 5) is 13.5. The van der Waals surface area contributed by atoms with Gasteiger partial charge < -0.3 is 20.1 Å². The Bertz CT molecular complexity index is 343. The van der Waals surface area contributed by atoms with E-state index < -0.39 is 36.7 Å². The van der Waals surface area contributed by atoms with Crippen LogP contribution in [0.1, 0.15) is 6.42 Å². The second-order valence-electron chi connectivity index (χ2n) is 4.92. The average molecular weight is 282 g/mol. The number of rotatable bonds is 2. The van der Waals surface area contributed by atoms with E-state index in [4.69, 9.17) is 9.84 Å². The van der Waals surface area contributed by atoms with Crippen molar-refractivity contribution in [1.82, 2.24) is 10.2 Å². The lowest BCUT2D eigenvalue weighted by molar-refractivity contribution is -0.225. The SMILES string of the molecule is O=C(N1CCOCC1CO)C1(C(F)(F)F)CCNC1. The van der Waals surface area contributed by atoms with E-state index in [9.17, 15) is 18.0 Å². The highest BCUT2D eigenvalue weighted by molar-refractivity contribution is 5.84. The van der Waals surface area contributed by atoms with Gasteiger partial charge >= 0.3 is 6.18 Å². The lowest BCUT2D eigenvalue weighted by Gasteiger charge is -2.40. The largest absolute Gasteiger partial charge is 0.404 e. The normalized spacial score (nSPS) is 32.6. The monoisotopic (exact) mass is 282 g/mol. The number of nitrogens with zero attached hydrogens (tertiary/aromatic N) is 1. The van der Waals surface area contributed by atoms with Crippen LogP contribution in [-0.2, 0) is 9.53 Å². The molecular formula is C11H17F3N2O3. The number of ether oxygens (including phenoxy) is 1. The van der Waals surface area contributed by atoms with E-state index in [1.807, 2.05) is 0 Å². The van der Waals surface area contributed by atoms with Gasteiger partial charge in [-0.2, -0.15) is 13.2 Å². The molecule has 19 heavy (non-hydrogen) atoms. The van der Waals surface area contributed by atoms with E-state index in [2.05, 4.69) is 5.32 Å². The van der Waals surface area contributed by atoms with Crippen LogP contribution in [0.15, 0.2) is 0 Å². The molecule has 2 unspecified atom stereocenters. The average Bonchev–Trinajstić information content (AvgIpc) is 2.88. The number of aliphatic hydroxyl groups excluding tert-OH is 1. The highest BCUT2D eigenvalue weighted by Crippen LogP contribution is 2.44. The quantitative estimate of drug-likeness (QED) is 0.733. The van der Waals surface area contributed by atoms with Gasteiger partial charge in [-0.25, -0.2) is 0 Å². The molecule has 2 atom stereocenters. The van der Waals surface area contributed by atoms with Crippen LogP contribution in [0.5, 0.6) is 0 Å². The zero-order chi connectivity index (χ0) is 14.1. The van der Waals surface area contributed by atoms with E-state index in [0.717, 1.165) is 4.90 Å². The smallest absolute Gasteiger partial charge is 0.394 e. The fraction of sp³-hybridized carbons (Fsp3) is 0.909. The Balaban J connectivity index is 2.24. The first kappa shape index (κ1) is 14.5. The molecule has 2 heterocycles. The van der Waals surface area contributed by atoms with Crippen LogP contribution in [-0.4, -0.2) is 67.6 Å². The van der Waals surface area contributed by atoms with Gasteiger partial charge in [-0.15, -0.1) is 0 Å². The molecule has 0 aromatic rings. The summed E-state index contributed by atoms with van der Waals surface area (Å²) < 4.78 is 44.9. The van der Waals surface area contributed by atoms with Crippen LogP contribution >= 0.6 is 0 Å². The Kier molecular flexibility index (Phi) is 4.03. The highest BCUT2D eigenvalue weighted by Gasteiger charge is 2.63. The maximum atomic E-state index is 13.3. The molecule has 2 aliphatic rings. The number of carbonyl (C=O) groups excluding carboxylic acids is 1. The van der Waals surface area contributed by atoms with Gasteiger partial charge in [0.25, 0.3) is 0 Å². The minimum Gasteiger partial charge on any atom is -0.394 e. The summed E-state index contributed by atoms with van der Waals surface area (Å²) in [5.74, 6) is -0.952. The molecule has 0 aromatic carbocycles. The Morgan fingerprint density at radius 1 is 1.53 bits per heavy atom. The molecule has 0 radical (unpaired) electrons. The third-order valence-corrected chi connectivity index (χ3v) is 3.81. The zero-order valence-corrected chi connectivity index (χ0v) is 10.4. The fourth-order valence-electron chi connectivity index (χ4n) is 2.59. The maximum Gasteiger partial charge on any atom is 0.404 e. The van der Waals surface area contributed by atoms with E-state index in [-0.39, 0.29) is 32.7 Å². The van der Waals surface area contributed by atoms with Crippen LogP contribution in [0.25, 0.3) is 0 Å². The molecule has 0 bridgehead atoms. The number of nitrogens with one attached hydrogen (secondary N) is 1. The highest BCUT2D eigenvalue weighted by atomic mass is 19.4. The van der Waals surface area contributed by atoms with E-state index in [1.165, 1.54) is 0 Å². The van der Waals surface area contributed by atoms with E-state index in [0.29, 0.717) is 0 Å². The lowest BCUT2D eigenvalue weighted by Crippen LogP contribution is -2.59. The minimum atomic E-state index is -4.59. The van der Waals surface area contributed by atoms with Crippen molar-refractivity contribution in [1.29, 1.82) is 0 Å². The molecule has 2 N–H and O–H groups in total. The van der Waals surface area contributed by atoms with Gasteiger partial charge in [0.05, 0.1) is 25.9 Å². The maximum absolute atomic E-state index is 13.3. The molecule has 0 aromatic heterocycles. The molecule has 5 nitrogen and oxygen atoms in total. The van der Waals surface area contributed by atoms with Crippen molar-refractivity contribution in [2.24, 2.45) is 5.41 Å². The van der Waals surface area contributed by atoms with Crippen LogP contribution < -0.4 is 5.32 Å². The second-order valence-corrected chi connectivity index (χ2v) is 4.92. The standard InChI is InChI=1S/C11H17F3N2O3/c12-11(13,14)10(1-2-15-7-10)9(18)16-3-4-19-6-8(16)5-17/h8,15,17H,1-7H2. The summed E-state index contributed by atoms with van der Waals surface area (Å²) in [5.41, 5.74) is -2.36. The number of amides is 1. The fourth-order valence-corrected chi connectivity index (χ4v) is 2.59. The molecule has 1 amide bonds. The van der Waals surface area contributed by atoms with Crippen molar-refractivity contribution in [3.05, 3.63) is 0 Å². The lowest BCUT2D eigenvalue weighted by atomic mass is 9.84. The summed E-state index contributed by atoms with van der Waals surface area (Å²) in [5, 5.41) is 11.8. The number of morpholine rings is 1. The number of alkyl halides is 3. The van der Waals surface area contributed by atoms with Gasteiger partial charge in [0.2, 0.25) is 5.91 Å². The van der Waals surface area contributed by atoms with Gasteiger partial charge in [-0.3, -0.25) is 4.79 Å². The summed E-state index contributed by atoms with van der Waals surface area (Å²) in [6, 6.07) is -0.693.